The molecular weight excluding hydrogens is 268 g/mol. The molecule has 0 aliphatic heterocycles. The lowest BCUT2D eigenvalue weighted by atomic mass is 9.45. The maximum absolute atomic E-state index is 12.5. The molecule has 0 radical (unpaired) electrons. The summed E-state index contributed by atoms with van der Waals surface area (Å²) >= 11 is 0. The highest BCUT2D eigenvalue weighted by molar-refractivity contribution is 6.05. The monoisotopic (exact) mass is 290 g/mol. The number of allylic oxidation sites excluding steroid dienone is 2. The Bertz CT molecular complexity index is 561. The molecule has 0 spiro atoms. The number of carbonyl (C=O) groups is 3. The van der Waals surface area contributed by atoms with Gasteiger partial charge in [-0.1, -0.05) is 13.3 Å². The predicted molar refractivity (Wildman–Crippen MR) is 76.6 cm³/mol. The van der Waals surface area contributed by atoms with Gasteiger partial charge < -0.3 is 5.11 Å². The minimum absolute atomic E-state index is 0.00935. The molecule has 114 valence electrons. The maximum atomic E-state index is 12.5. The van der Waals surface area contributed by atoms with Crippen molar-refractivity contribution in [3.05, 3.63) is 11.6 Å². The van der Waals surface area contributed by atoms with Crippen LogP contribution in [0.15, 0.2) is 11.6 Å². The van der Waals surface area contributed by atoms with Gasteiger partial charge in [-0.05, 0) is 49.5 Å². The van der Waals surface area contributed by atoms with E-state index in [4.69, 9.17) is 0 Å². The van der Waals surface area contributed by atoms with E-state index in [9.17, 15) is 19.5 Å². The molecule has 0 bridgehead atoms. The van der Waals surface area contributed by atoms with E-state index in [0.717, 1.165) is 12.8 Å². The van der Waals surface area contributed by atoms with Crippen LogP contribution in [-0.2, 0) is 14.4 Å². The van der Waals surface area contributed by atoms with Gasteiger partial charge in [0.05, 0.1) is 5.41 Å². The predicted octanol–water partition coefficient (Wildman–Crippen LogP) is 2.76. The summed E-state index contributed by atoms with van der Waals surface area (Å²) in [5, 5.41) is 9.70. The second-order valence-corrected chi connectivity index (χ2v) is 7.42. The second kappa shape index (κ2) is 4.52. The molecule has 2 saturated carbocycles. The van der Waals surface area contributed by atoms with Gasteiger partial charge in [-0.15, -0.1) is 0 Å². The van der Waals surface area contributed by atoms with Crippen molar-refractivity contribution in [3.63, 3.8) is 0 Å². The maximum Gasteiger partial charge on any atom is 0.309 e. The van der Waals surface area contributed by atoms with Crippen LogP contribution in [0.5, 0.6) is 0 Å². The number of rotatable bonds is 1. The molecule has 4 heteroatoms. The van der Waals surface area contributed by atoms with E-state index in [1.54, 1.807) is 6.92 Å². The summed E-state index contributed by atoms with van der Waals surface area (Å²) in [5.41, 5.74) is -0.332. The Morgan fingerprint density at radius 3 is 2.67 bits per heavy atom. The normalized spacial score (nSPS) is 42.9. The van der Waals surface area contributed by atoms with E-state index in [0.29, 0.717) is 24.8 Å². The lowest BCUT2D eigenvalue weighted by molar-refractivity contribution is -0.166. The first-order chi connectivity index (χ1) is 9.79. The topological polar surface area (TPSA) is 71.4 Å². The zero-order chi connectivity index (χ0) is 15.4. The lowest BCUT2D eigenvalue weighted by Crippen LogP contribution is -2.55. The molecule has 21 heavy (non-hydrogen) atoms. The molecule has 1 N–H and O–H groups in total. The third-order valence-corrected chi connectivity index (χ3v) is 6.34. The number of Topliss-reactive ketones (excluding diaryl/α,β-unsaturated/α-hetero) is 1. The summed E-state index contributed by atoms with van der Waals surface area (Å²) < 4.78 is 0. The van der Waals surface area contributed by atoms with Crippen LogP contribution in [0.25, 0.3) is 0 Å². The van der Waals surface area contributed by atoms with Crippen LogP contribution >= 0.6 is 0 Å². The van der Waals surface area contributed by atoms with Gasteiger partial charge in [-0.2, -0.15) is 0 Å². The van der Waals surface area contributed by atoms with Gasteiger partial charge in [-0.3, -0.25) is 14.4 Å². The van der Waals surface area contributed by atoms with Gasteiger partial charge in [0.1, 0.15) is 0 Å². The third-order valence-electron chi connectivity index (χ3n) is 6.34. The summed E-state index contributed by atoms with van der Waals surface area (Å²) in [5.74, 6) is -0.830. The van der Waals surface area contributed by atoms with Gasteiger partial charge >= 0.3 is 5.97 Å². The van der Waals surface area contributed by atoms with Crippen molar-refractivity contribution in [3.8, 4) is 0 Å². The molecule has 2 fully saturated rings. The van der Waals surface area contributed by atoms with Crippen molar-refractivity contribution in [1.82, 2.24) is 0 Å². The molecule has 0 heterocycles. The molecule has 4 unspecified atom stereocenters. The van der Waals surface area contributed by atoms with Crippen LogP contribution < -0.4 is 0 Å². The molecule has 0 saturated heterocycles. The average molecular weight is 290 g/mol. The number of hydrogen-bond donors (Lipinski definition) is 1. The van der Waals surface area contributed by atoms with Crippen molar-refractivity contribution in [2.45, 2.75) is 52.4 Å². The fraction of sp³-hybridized carbons (Fsp3) is 0.706. The highest BCUT2D eigenvalue weighted by Crippen LogP contribution is 2.61. The Labute approximate surface area is 124 Å². The number of ketones is 2. The van der Waals surface area contributed by atoms with Crippen molar-refractivity contribution in [2.24, 2.45) is 22.7 Å². The molecule has 4 atom stereocenters. The molecule has 0 aromatic carbocycles. The van der Waals surface area contributed by atoms with Crippen molar-refractivity contribution in [1.29, 1.82) is 0 Å². The number of carboxylic acids is 1. The Morgan fingerprint density at radius 1 is 1.29 bits per heavy atom. The standard InChI is InChI=1S/C17H22O4/c1-16-6-3-7-17(2,15(20)21)14(16)9-13(19)11-8-10(18)4-5-12(11)16/h8,12,14H,3-7,9H2,1-2H3,(H,20,21). The zero-order valence-electron chi connectivity index (χ0n) is 12.6. The van der Waals surface area contributed by atoms with E-state index in [-0.39, 0.29) is 35.2 Å². The largest absolute Gasteiger partial charge is 0.481 e. The van der Waals surface area contributed by atoms with Crippen molar-refractivity contribution < 1.29 is 19.5 Å². The summed E-state index contributed by atoms with van der Waals surface area (Å²) in [6.45, 7) is 3.94. The highest BCUT2D eigenvalue weighted by atomic mass is 16.4. The minimum atomic E-state index is -0.824. The van der Waals surface area contributed by atoms with E-state index in [1.165, 1.54) is 6.08 Å². The number of aliphatic carboxylic acids is 1. The number of carboxylic acid groups (broad SMARTS) is 1. The first kappa shape index (κ1) is 14.5. The van der Waals surface area contributed by atoms with E-state index < -0.39 is 11.4 Å². The summed E-state index contributed by atoms with van der Waals surface area (Å²) in [6, 6.07) is 0. The zero-order valence-corrected chi connectivity index (χ0v) is 12.6. The van der Waals surface area contributed by atoms with E-state index in [2.05, 4.69) is 6.92 Å². The minimum Gasteiger partial charge on any atom is -0.481 e. The Hall–Kier alpha value is -1.45. The third kappa shape index (κ3) is 1.91. The first-order valence-corrected chi connectivity index (χ1v) is 7.80. The second-order valence-electron chi connectivity index (χ2n) is 7.42. The number of hydrogen-bond acceptors (Lipinski definition) is 3. The fourth-order valence-electron chi connectivity index (χ4n) is 5.10. The molecule has 0 amide bonds. The van der Waals surface area contributed by atoms with Crippen molar-refractivity contribution in [2.75, 3.05) is 0 Å². The quantitative estimate of drug-likeness (QED) is 0.806. The van der Waals surface area contributed by atoms with Crippen LogP contribution in [0.4, 0.5) is 0 Å². The molecule has 0 aromatic heterocycles. The Balaban J connectivity index is 2.08. The van der Waals surface area contributed by atoms with E-state index in [1.807, 2.05) is 0 Å². The molecule has 3 aliphatic rings. The van der Waals surface area contributed by atoms with Gasteiger partial charge in [0.25, 0.3) is 0 Å². The van der Waals surface area contributed by atoms with Gasteiger partial charge in [0.2, 0.25) is 0 Å². The molecule has 4 nitrogen and oxygen atoms in total. The van der Waals surface area contributed by atoms with Crippen LogP contribution in [0.3, 0.4) is 0 Å². The van der Waals surface area contributed by atoms with Crippen LogP contribution in [0.2, 0.25) is 0 Å². The molecule has 0 aromatic rings. The van der Waals surface area contributed by atoms with Gasteiger partial charge in [0, 0.05) is 18.4 Å². The lowest BCUT2D eigenvalue weighted by Gasteiger charge is -2.57. The summed E-state index contributed by atoms with van der Waals surface area (Å²) in [6.07, 6.45) is 5.44. The first-order valence-electron chi connectivity index (χ1n) is 7.80. The van der Waals surface area contributed by atoms with Gasteiger partial charge in [0.15, 0.2) is 11.6 Å². The number of carbonyl (C=O) groups excluding carboxylic acids is 2. The van der Waals surface area contributed by atoms with E-state index >= 15 is 0 Å². The van der Waals surface area contributed by atoms with Crippen molar-refractivity contribution >= 4 is 17.5 Å². The SMILES string of the molecule is CC1(C(=O)O)CCCC2(C)C3CCC(=O)C=C3C(=O)CC12. The highest BCUT2D eigenvalue weighted by Gasteiger charge is 2.60. The van der Waals surface area contributed by atoms with Crippen LogP contribution in [-0.4, -0.2) is 22.6 Å². The Kier molecular flexibility index (Phi) is 3.12. The van der Waals surface area contributed by atoms with Crippen LogP contribution in [0, 0.1) is 22.7 Å². The molecule has 3 rings (SSSR count). The Morgan fingerprint density at radius 2 is 2.00 bits per heavy atom. The number of fused-ring (bicyclic) bond motifs is 3. The summed E-state index contributed by atoms with van der Waals surface area (Å²) in [7, 11) is 0. The summed E-state index contributed by atoms with van der Waals surface area (Å²) in [4.78, 5) is 35.9. The smallest absolute Gasteiger partial charge is 0.309 e. The fourth-order valence-corrected chi connectivity index (χ4v) is 5.10. The molecular formula is C17H22O4. The van der Waals surface area contributed by atoms with Gasteiger partial charge in [-0.25, -0.2) is 0 Å². The molecule has 3 aliphatic carbocycles. The van der Waals surface area contributed by atoms with Crippen LogP contribution in [0.1, 0.15) is 52.4 Å². The average Bonchev–Trinajstić information content (AvgIpc) is 2.41.